The van der Waals surface area contributed by atoms with Gasteiger partial charge in [-0.1, -0.05) is 12.8 Å². The highest BCUT2D eigenvalue weighted by molar-refractivity contribution is 4.94. The van der Waals surface area contributed by atoms with Crippen LogP contribution in [-0.4, -0.2) is 66.3 Å². The molecule has 0 aromatic rings. The van der Waals surface area contributed by atoms with Crippen LogP contribution in [0, 0.1) is 0 Å². The molecule has 0 aromatic heterocycles. The molecule has 0 aromatic carbocycles. The van der Waals surface area contributed by atoms with E-state index in [1.807, 2.05) is 0 Å². The number of piperazine rings is 1. The predicted octanol–water partition coefficient (Wildman–Crippen LogP) is 1.83. The lowest BCUT2D eigenvalue weighted by atomic mass is 9.98. The molecule has 1 spiro atoms. The molecule has 2 heterocycles. The first-order chi connectivity index (χ1) is 10.0. The van der Waals surface area contributed by atoms with Gasteiger partial charge in [0, 0.05) is 44.8 Å². The molecule has 2 N–H and O–H groups in total. The first kappa shape index (κ1) is 15.7. The van der Waals surface area contributed by atoms with Gasteiger partial charge in [-0.15, -0.1) is 0 Å². The third-order valence-corrected chi connectivity index (χ3v) is 6.04. The van der Waals surface area contributed by atoms with Crippen LogP contribution in [0.5, 0.6) is 0 Å². The van der Waals surface area contributed by atoms with Crippen molar-refractivity contribution in [3.05, 3.63) is 0 Å². The Morgan fingerprint density at radius 1 is 1.10 bits per heavy atom. The molecule has 1 unspecified atom stereocenters. The summed E-state index contributed by atoms with van der Waals surface area (Å²) >= 11 is 0. The lowest BCUT2D eigenvalue weighted by Crippen LogP contribution is -2.58. The first-order valence-corrected chi connectivity index (χ1v) is 8.88. The molecule has 3 aliphatic rings. The van der Waals surface area contributed by atoms with Crippen LogP contribution in [-0.2, 0) is 4.74 Å². The predicted molar refractivity (Wildman–Crippen MR) is 86.5 cm³/mol. The Bertz CT molecular complexity index is 344. The Morgan fingerprint density at radius 3 is 2.38 bits per heavy atom. The molecular weight excluding hydrogens is 262 g/mol. The van der Waals surface area contributed by atoms with E-state index in [2.05, 4.69) is 23.6 Å². The van der Waals surface area contributed by atoms with E-state index in [0.717, 1.165) is 39.3 Å². The lowest BCUT2D eigenvalue weighted by molar-refractivity contribution is -0.0537. The molecule has 1 atom stereocenters. The fourth-order valence-corrected chi connectivity index (χ4v) is 4.36. The number of hydrogen-bond acceptors (Lipinski definition) is 4. The highest BCUT2D eigenvalue weighted by atomic mass is 16.5. The molecule has 0 radical (unpaired) electrons. The molecule has 1 saturated carbocycles. The zero-order chi connectivity index (χ0) is 14.9. The molecule has 122 valence electrons. The Morgan fingerprint density at radius 2 is 1.76 bits per heavy atom. The molecular formula is C17H33N3O. The zero-order valence-corrected chi connectivity index (χ0v) is 13.9. The highest BCUT2D eigenvalue weighted by Gasteiger charge is 2.42. The number of hydrogen-bond donors (Lipinski definition) is 1. The number of rotatable bonds is 4. The van der Waals surface area contributed by atoms with E-state index >= 15 is 0 Å². The minimum atomic E-state index is 0.143. The largest absolute Gasteiger partial charge is 0.370 e. The second kappa shape index (κ2) is 6.15. The third-order valence-electron chi connectivity index (χ3n) is 6.04. The van der Waals surface area contributed by atoms with Crippen molar-refractivity contribution in [2.75, 3.05) is 39.3 Å². The molecule has 3 fully saturated rings. The lowest BCUT2D eigenvalue weighted by Gasteiger charge is -2.44. The molecule has 0 amide bonds. The van der Waals surface area contributed by atoms with E-state index < -0.39 is 0 Å². The summed E-state index contributed by atoms with van der Waals surface area (Å²) < 4.78 is 6.45. The van der Waals surface area contributed by atoms with E-state index in [1.54, 1.807) is 0 Å². The van der Waals surface area contributed by atoms with Crippen molar-refractivity contribution in [2.24, 2.45) is 5.73 Å². The first-order valence-electron chi connectivity index (χ1n) is 8.88. The van der Waals surface area contributed by atoms with E-state index in [-0.39, 0.29) is 11.1 Å². The summed E-state index contributed by atoms with van der Waals surface area (Å²) in [6.45, 7) is 11.0. The van der Waals surface area contributed by atoms with E-state index in [0.29, 0.717) is 6.10 Å². The van der Waals surface area contributed by atoms with Gasteiger partial charge in [-0.05, 0) is 39.5 Å². The van der Waals surface area contributed by atoms with Crippen LogP contribution in [0.25, 0.3) is 0 Å². The molecule has 4 nitrogen and oxygen atoms in total. The Hall–Kier alpha value is -0.160. The fourth-order valence-electron chi connectivity index (χ4n) is 4.36. The van der Waals surface area contributed by atoms with Crippen LogP contribution in [0.2, 0.25) is 0 Å². The zero-order valence-electron chi connectivity index (χ0n) is 13.9. The molecule has 2 aliphatic heterocycles. The second-order valence-electron chi connectivity index (χ2n) is 7.97. The van der Waals surface area contributed by atoms with Crippen molar-refractivity contribution in [1.82, 2.24) is 9.80 Å². The quantitative estimate of drug-likeness (QED) is 0.859. The molecule has 1 aliphatic carbocycles. The van der Waals surface area contributed by atoms with Crippen LogP contribution in [0.3, 0.4) is 0 Å². The molecule has 0 bridgehead atoms. The molecule has 21 heavy (non-hydrogen) atoms. The van der Waals surface area contributed by atoms with Gasteiger partial charge in [-0.25, -0.2) is 0 Å². The molecule has 3 rings (SSSR count). The van der Waals surface area contributed by atoms with Crippen molar-refractivity contribution in [3.63, 3.8) is 0 Å². The van der Waals surface area contributed by atoms with E-state index in [1.165, 1.54) is 38.5 Å². The Kier molecular flexibility index (Phi) is 4.60. The van der Waals surface area contributed by atoms with Crippen molar-refractivity contribution < 1.29 is 4.74 Å². The number of nitrogens with zero attached hydrogens (tertiary/aromatic N) is 2. The van der Waals surface area contributed by atoms with Gasteiger partial charge in [0.25, 0.3) is 0 Å². The van der Waals surface area contributed by atoms with Crippen LogP contribution in [0.4, 0.5) is 0 Å². The normalized spacial score (nSPS) is 31.3. The van der Waals surface area contributed by atoms with Crippen molar-refractivity contribution >= 4 is 0 Å². The summed E-state index contributed by atoms with van der Waals surface area (Å²) in [5.74, 6) is 0. The van der Waals surface area contributed by atoms with Crippen LogP contribution in [0.1, 0.15) is 52.4 Å². The van der Waals surface area contributed by atoms with Crippen LogP contribution >= 0.6 is 0 Å². The average Bonchev–Trinajstić information content (AvgIpc) is 3.10. The van der Waals surface area contributed by atoms with Crippen LogP contribution < -0.4 is 5.73 Å². The van der Waals surface area contributed by atoms with Gasteiger partial charge in [-0.2, -0.15) is 0 Å². The minimum Gasteiger partial charge on any atom is -0.370 e. The van der Waals surface area contributed by atoms with Crippen LogP contribution in [0.15, 0.2) is 0 Å². The number of nitrogens with two attached hydrogens (primary N) is 1. The Balaban J connectivity index is 1.44. The topological polar surface area (TPSA) is 41.7 Å². The summed E-state index contributed by atoms with van der Waals surface area (Å²) in [5, 5.41) is 0. The van der Waals surface area contributed by atoms with Gasteiger partial charge in [0.1, 0.15) is 0 Å². The summed E-state index contributed by atoms with van der Waals surface area (Å²) in [6.07, 6.45) is 8.42. The minimum absolute atomic E-state index is 0.143. The van der Waals surface area contributed by atoms with E-state index in [9.17, 15) is 0 Å². The van der Waals surface area contributed by atoms with Gasteiger partial charge in [0.2, 0.25) is 0 Å². The van der Waals surface area contributed by atoms with Gasteiger partial charge in [-0.3, -0.25) is 9.80 Å². The summed E-state index contributed by atoms with van der Waals surface area (Å²) in [4.78, 5) is 5.14. The van der Waals surface area contributed by atoms with Crippen molar-refractivity contribution in [2.45, 2.75) is 69.6 Å². The summed E-state index contributed by atoms with van der Waals surface area (Å²) in [7, 11) is 0. The SMILES string of the molecule is CC(C)(CN)N1CCN(CC2CCC3(CCCC3)O2)CC1. The maximum Gasteiger partial charge on any atom is 0.0710 e. The molecule has 2 saturated heterocycles. The van der Waals surface area contributed by atoms with Gasteiger partial charge in [0.05, 0.1) is 11.7 Å². The molecule has 4 heteroatoms. The van der Waals surface area contributed by atoms with Gasteiger partial charge < -0.3 is 10.5 Å². The summed E-state index contributed by atoms with van der Waals surface area (Å²) in [6, 6.07) is 0. The maximum absolute atomic E-state index is 6.45. The van der Waals surface area contributed by atoms with Gasteiger partial charge >= 0.3 is 0 Å². The average molecular weight is 295 g/mol. The monoisotopic (exact) mass is 295 g/mol. The van der Waals surface area contributed by atoms with Crippen molar-refractivity contribution in [1.29, 1.82) is 0 Å². The standard InChI is InChI=1S/C17H33N3O/c1-16(2,14-18)20-11-9-19(10-12-20)13-15-5-8-17(21-15)6-3-4-7-17/h15H,3-14,18H2,1-2H3. The second-order valence-corrected chi connectivity index (χ2v) is 7.97. The third kappa shape index (κ3) is 3.44. The van der Waals surface area contributed by atoms with E-state index in [4.69, 9.17) is 10.5 Å². The number of ether oxygens (including phenoxy) is 1. The highest BCUT2D eigenvalue weighted by Crippen LogP contribution is 2.43. The maximum atomic E-state index is 6.45. The smallest absolute Gasteiger partial charge is 0.0710 e. The van der Waals surface area contributed by atoms with Crippen molar-refractivity contribution in [3.8, 4) is 0 Å². The Labute approximate surface area is 130 Å². The summed E-state index contributed by atoms with van der Waals surface area (Å²) in [5.41, 5.74) is 6.32. The van der Waals surface area contributed by atoms with Gasteiger partial charge in [0.15, 0.2) is 0 Å². The fraction of sp³-hybridized carbons (Fsp3) is 1.00.